The molecule has 0 radical (unpaired) electrons. The molecule has 0 aliphatic rings. The van der Waals surface area contributed by atoms with Crippen LogP contribution >= 0.6 is 38.5 Å². The van der Waals surface area contributed by atoms with Gasteiger partial charge in [-0.1, -0.05) is 46.3 Å². The van der Waals surface area contributed by atoms with Gasteiger partial charge in [0.1, 0.15) is 12.4 Å². The first-order valence-corrected chi connectivity index (χ1v) is 10.5. The minimum absolute atomic E-state index is 0.0938. The monoisotopic (exact) mass is 563 g/mol. The molecule has 0 atom stereocenters. The fourth-order valence-electron chi connectivity index (χ4n) is 2.70. The van der Waals surface area contributed by atoms with Gasteiger partial charge in [-0.15, -0.1) is 0 Å². The second-order valence-corrected chi connectivity index (χ2v) is 8.17. The summed E-state index contributed by atoms with van der Waals surface area (Å²) < 4.78 is 26.9. The summed E-state index contributed by atoms with van der Waals surface area (Å²) in [5, 5.41) is 9.57. The standard InChI is InChI=1S/C23H16BrFINO2/c1-28-22-12-15(10-18(13-27)16-6-8-19(24)9-7-16)11-21(26)23(22)29-14-17-4-2-3-5-20(17)25/h2-12H,14H2,1H3/b18-10+. The van der Waals surface area contributed by atoms with Gasteiger partial charge in [0.2, 0.25) is 0 Å². The van der Waals surface area contributed by atoms with Crippen LogP contribution in [0.5, 0.6) is 11.5 Å². The summed E-state index contributed by atoms with van der Waals surface area (Å²) in [6, 6.07) is 20.0. The van der Waals surface area contributed by atoms with Crippen LogP contribution in [-0.2, 0) is 6.61 Å². The number of benzene rings is 3. The summed E-state index contributed by atoms with van der Waals surface area (Å²) in [6.07, 6.45) is 1.80. The number of nitrogens with zero attached hydrogens (tertiary/aromatic N) is 1. The van der Waals surface area contributed by atoms with Crippen molar-refractivity contribution in [2.45, 2.75) is 6.61 Å². The maximum absolute atomic E-state index is 13.9. The third-order valence-corrected chi connectivity index (χ3v) is 5.50. The Bertz CT molecular complexity index is 1090. The Labute approximate surface area is 191 Å². The molecule has 6 heteroatoms. The van der Waals surface area contributed by atoms with E-state index >= 15 is 0 Å². The highest BCUT2D eigenvalue weighted by molar-refractivity contribution is 14.1. The normalized spacial score (nSPS) is 11.1. The van der Waals surface area contributed by atoms with Crippen LogP contribution in [0.25, 0.3) is 11.6 Å². The first kappa shape index (κ1) is 21.3. The van der Waals surface area contributed by atoms with E-state index in [-0.39, 0.29) is 12.4 Å². The van der Waals surface area contributed by atoms with Gasteiger partial charge in [0.15, 0.2) is 11.5 Å². The molecule has 0 spiro atoms. The Balaban J connectivity index is 1.90. The average Bonchev–Trinajstić information content (AvgIpc) is 2.72. The Morgan fingerprint density at radius 1 is 1.17 bits per heavy atom. The van der Waals surface area contributed by atoms with E-state index in [9.17, 15) is 9.65 Å². The number of allylic oxidation sites excluding steroid dienone is 1. The van der Waals surface area contributed by atoms with Crippen LogP contribution < -0.4 is 9.47 Å². The molecule has 3 rings (SSSR count). The van der Waals surface area contributed by atoms with Crippen LogP contribution in [0.3, 0.4) is 0 Å². The number of ether oxygens (including phenoxy) is 2. The lowest BCUT2D eigenvalue weighted by Gasteiger charge is -2.14. The maximum atomic E-state index is 13.9. The van der Waals surface area contributed by atoms with E-state index in [0.717, 1.165) is 19.2 Å². The first-order valence-electron chi connectivity index (χ1n) is 8.63. The fraction of sp³-hybridized carbons (Fsp3) is 0.0870. The first-order chi connectivity index (χ1) is 14.0. The molecule has 0 bridgehead atoms. The van der Waals surface area contributed by atoms with E-state index in [4.69, 9.17) is 9.47 Å². The second kappa shape index (κ2) is 9.90. The molecule has 0 unspecified atom stereocenters. The summed E-state index contributed by atoms with van der Waals surface area (Å²) >= 11 is 5.55. The lowest BCUT2D eigenvalue weighted by atomic mass is 10.0. The molecule has 3 aromatic rings. The molecule has 0 fully saturated rings. The van der Waals surface area contributed by atoms with Gasteiger partial charge in [0.05, 0.1) is 22.3 Å². The van der Waals surface area contributed by atoms with Crippen molar-refractivity contribution in [3.8, 4) is 17.6 Å². The minimum Gasteiger partial charge on any atom is -0.493 e. The van der Waals surface area contributed by atoms with Gasteiger partial charge in [-0.2, -0.15) is 5.26 Å². The van der Waals surface area contributed by atoms with Crippen molar-refractivity contribution in [1.29, 1.82) is 5.26 Å². The van der Waals surface area contributed by atoms with Crippen molar-refractivity contribution < 1.29 is 13.9 Å². The molecule has 3 aromatic carbocycles. The summed E-state index contributed by atoms with van der Waals surface area (Å²) in [4.78, 5) is 0. The van der Waals surface area contributed by atoms with Crippen LogP contribution in [0.4, 0.5) is 4.39 Å². The molecule has 3 nitrogen and oxygen atoms in total. The minimum atomic E-state index is -0.311. The van der Waals surface area contributed by atoms with Crippen LogP contribution in [0, 0.1) is 20.7 Å². The highest BCUT2D eigenvalue weighted by atomic mass is 127. The molecule has 0 aromatic heterocycles. The van der Waals surface area contributed by atoms with E-state index < -0.39 is 0 Å². The van der Waals surface area contributed by atoms with Crippen molar-refractivity contribution in [1.82, 2.24) is 0 Å². The zero-order chi connectivity index (χ0) is 20.8. The quantitative estimate of drug-likeness (QED) is 0.187. The van der Waals surface area contributed by atoms with Crippen LogP contribution in [0.2, 0.25) is 0 Å². The number of nitriles is 1. The van der Waals surface area contributed by atoms with Crippen molar-refractivity contribution in [2.75, 3.05) is 7.11 Å². The second-order valence-electron chi connectivity index (χ2n) is 6.09. The molecule has 0 aliphatic heterocycles. The highest BCUT2D eigenvalue weighted by Gasteiger charge is 2.13. The predicted octanol–water partition coefficient (Wildman–Crippen LogP) is 6.84. The topological polar surface area (TPSA) is 42.2 Å². The molecule has 0 saturated heterocycles. The van der Waals surface area contributed by atoms with E-state index in [1.165, 1.54) is 6.07 Å². The summed E-state index contributed by atoms with van der Waals surface area (Å²) in [5.74, 6) is 0.748. The third-order valence-electron chi connectivity index (χ3n) is 4.17. The molecule has 146 valence electrons. The highest BCUT2D eigenvalue weighted by Crippen LogP contribution is 2.36. The Morgan fingerprint density at radius 2 is 1.90 bits per heavy atom. The molecular weight excluding hydrogens is 548 g/mol. The molecule has 0 aliphatic carbocycles. The van der Waals surface area contributed by atoms with Crippen molar-refractivity contribution in [3.63, 3.8) is 0 Å². The lowest BCUT2D eigenvalue weighted by Crippen LogP contribution is -2.02. The van der Waals surface area contributed by atoms with Gasteiger partial charge in [-0.05, 0) is 70.1 Å². The van der Waals surface area contributed by atoms with E-state index in [2.05, 4.69) is 44.6 Å². The number of halogens is 3. The van der Waals surface area contributed by atoms with Gasteiger partial charge in [-0.3, -0.25) is 0 Å². The molecule has 0 heterocycles. The van der Waals surface area contributed by atoms with Crippen molar-refractivity contribution in [2.24, 2.45) is 0 Å². The van der Waals surface area contributed by atoms with Gasteiger partial charge in [-0.25, -0.2) is 4.39 Å². The SMILES string of the molecule is COc1cc(/C=C(\C#N)c2ccc(Br)cc2)cc(I)c1OCc1ccccc1F. The van der Waals surface area contributed by atoms with Gasteiger partial charge in [0, 0.05) is 10.0 Å². The van der Waals surface area contributed by atoms with E-state index in [1.54, 1.807) is 37.5 Å². The van der Waals surface area contributed by atoms with Crippen LogP contribution in [0.15, 0.2) is 65.1 Å². The molecule has 0 amide bonds. The van der Waals surface area contributed by atoms with Gasteiger partial charge in [0.25, 0.3) is 0 Å². The Kier molecular flexibility index (Phi) is 7.29. The van der Waals surface area contributed by atoms with Gasteiger partial charge < -0.3 is 9.47 Å². The molecular formula is C23H16BrFINO2. The summed E-state index contributed by atoms with van der Waals surface area (Å²) in [5.41, 5.74) is 2.64. The van der Waals surface area contributed by atoms with Crippen LogP contribution in [-0.4, -0.2) is 7.11 Å². The predicted molar refractivity (Wildman–Crippen MR) is 124 cm³/mol. The van der Waals surface area contributed by atoms with Gasteiger partial charge >= 0.3 is 0 Å². The zero-order valence-corrected chi connectivity index (χ0v) is 19.2. The largest absolute Gasteiger partial charge is 0.493 e. The van der Waals surface area contributed by atoms with E-state index in [1.807, 2.05) is 30.3 Å². The van der Waals surface area contributed by atoms with Crippen molar-refractivity contribution >= 4 is 50.2 Å². The Morgan fingerprint density at radius 3 is 2.55 bits per heavy atom. The van der Waals surface area contributed by atoms with Crippen molar-refractivity contribution in [3.05, 3.63) is 91.2 Å². The summed E-state index contributed by atoms with van der Waals surface area (Å²) in [7, 11) is 1.55. The lowest BCUT2D eigenvalue weighted by molar-refractivity contribution is 0.277. The fourth-order valence-corrected chi connectivity index (χ4v) is 3.75. The summed E-state index contributed by atoms with van der Waals surface area (Å²) in [6.45, 7) is 0.0938. The maximum Gasteiger partial charge on any atom is 0.174 e. The number of rotatable bonds is 6. The molecule has 0 saturated carbocycles. The van der Waals surface area contributed by atoms with E-state index in [0.29, 0.717) is 22.6 Å². The zero-order valence-electron chi connectivity index (χ0n) is 15.5. The molecule has 0 N–H and O–H groups in total. The average molecular weight is 564 g/mol. The third kappa shape index (κ3) is 5.37. The number of hydrogen-bond donors (Lipinski definition) is 0. The number of hydrogen-bond acceptors (Lipinski definition) is 3. The smallest absolute Gasteiger partial charge is 0.174 e. The Hall–Kier alpha value is -2.37. The molecule has 29 heavy (non-hydrogen) atoms. The van der Waals surface area contributed by atoms with Crippen LogP contribution in [0.1, 0.15) is 16.7 Å². The number of methoxy groups -OCH3 is 1.